The second-order valence-electron chi connectivity index (χ2n) is 4.30. The number of carbonyl (C=O) groups is 1. The Morgan fingerprint density at radius 3 is 2.20 bits per heavy atom. The van der Waals surface area contributed by atoms with Crippen LogP contribution >= 0.6 is 0 Å². The molecule has 1 aliphatic carbocycles. The minimum Gasteiger partial charge on any atom is -0.319 e. The van der Waals surface area contributed by atoms with E-state index in [0.717, 1.165) is 0 Å². The first kappa shape index (κ1) is 12.2. The van der Waals surface area contributed by atoms with Crippen molar-refractivity contribution in [1.29, 1.82) is 0 Å². The first-order valence-electron chi connectivity index (χ1n) is 6.00. The Kier molecular flexibility index (Phi) is 6.05. The molecule has 86 valence electrons. The van der Waals surface area contributed by atoms with Gasteiger partial charge in [0, 0.05) is 13.1 Å². The van der Waals surface area contributed by atoms with Crippen LogP contribution in [0.25, 0.3) is 0 Å². The Labute approximate surface area is 91.9 Å². The first-order valence-corrected chi connectivity index (χ1v) is 6.00. The van der Waals surface area contributed by atoms with Crippen LogP contribution < -0.4 is 0 Å². The van der Waals surface area contributed by atoms with Gasteiger partial charge in [0.15, 0.2) is 0 Å². The molecule has 0 heterocycles. The van der Waals surface area contributed by atoms with Crippen molar-refractivity contribution in [1.82, 2.24) is 0 Å². The third kappa shape index (κ3) is 6.26. The monoisotopic (exact) mass is 211 g/mol. The first-order chi connectivity index (χ1) is 7.29. The molecule has 0 spiro atoms. The molecule has 0 aromatic rings. The van der Waals surface area contributed by atoms with Crippen LogP contribution in [0.15, 0.2) is 5.16 Å². The van der Waals surface area contributed by atoms with Gasteiger partial charge in [-0.05, 0) is 18.8 Å². The molecule has 1 aliphatic rings. The molecule has 0 N–H and O–H groups in total. The summed E-state index contributed by atoms with van der Waals surface area (Å²) in [6.45, 7) is 1.38. The molecule has 0 atom stereocenters. The molecular formula is C12H21NO2. The summed E-state index contributed by atoms with van der Waals surface area (Å²) in [5.74, 6) is 0.164. The van der Waals surface area contributed by atoms with Gasteiger partial charge in [-0.3, -0.25) is 0 Å². The lowest BCUT2D eigenvalue weighted by Crippen LogP contribution is -2.03. The number of hydrogen-bond donors (Lipinski definition) is 0. The van der Waals surface area contributed by atoms with E-state index in [4.69, 9.17) is 0 Å². The molecule has 0 aromatic heterocycles. The molecule has 15 heavy (non-hydrogen) atoms. The van der Waals surface area contributed by atoms with Crippen molar-refractivity contribution >= 4 is 12.2 Å². The van der Waals surface area contributed by atoms with Crippen LogP contribution in [-0.2, 0) is 9.63 Å². The fraction of sp³-hybridized carbons (Fsp3) is 0.833. The van der Waals surface area contributed by atoms with Crippen molar-refractivity contribution in [2.75, 3.05) is 0 Å². The van der Waals surface area contributed by atoms with Gasteiger partial charge in [0.25, 0.3) is 0 Å². The Hall–Kier alpha value is -0.860. The van der Waals surface area contributed by atoms with E-state index in [1.165, 1.54) is 58.3 Å². The van der Waals surface area contributed by atoms with Crippen molar-refractivity contribution in [3.63, 3.8) is 0 Å². The van der Waals surface area contributed by atoms with Crippen molar-refractivity contribution in [2.45, 2.75) is 58.3 Å². The maximum Gasteiger partial charge on any atom is 0.331 e. The number of rotatable bonds is 2. The smallest absolute Gasteiger partial charge is 0.319 e. The van der Waals surface area contributed by atoms with Gasteiger partial charge in [-0.1, -0.05) is 43.7 Å². The zero-order valence-corrected chi connectivity index (χ0v) is 9.58. The van der Waals surface area contributed by atoms with Crippen molar-refractivity contribution < 1.29 is 9.63 Å². The van der Waals surface area contributed by atoms with Gasteiger partial charge in [-0.15, -0.1) is 0 Å². The van der Waals surface area contributed by atoms with Crippen molar-refractivity contribution in [2.24, 2.45) is 11.1 Å². The summed E-state index contributed by atoms with van der Waals surface area (Å²) in [6, 6.07) is 0. The van der Waals surface area contributed by atoms with E-state index in [0.29, 0.717) is 5.92 Å². The van der Waals surface area contributed by atoms with E-state index in [-0.39, 0.29) is 5.97 Å². The van der Waals surface area contributed by atoms with Gasteiger partial charge >= 0.3 is 5.97 Å². The van der Waals surface area contributed by atoms with Crippen LogP contribution in [-0.4, -0.2) is 12.2 Å². The lowest BCUT2D eigenvalue weighted by Gasteiger charge is -2.08. The fourth-order valence-electron chi connectivity index (χ4n) is 2.00. The number of oxime groups is 1. The predicted molar refractivity (Wildman–Crippen MR) is 60.7 cm³/mol. The fourth-order valence-corrected chi connectivity index (χ4v) is 2.00. The van der Waals surface area contributed by atoms with E-state index in [2.05, 4.69) is 9.99 Å². The summed E-state index contributed by atoms with van der Waals surface area (Å²) in [4.78, 5) is 15.1. The van der Waals surface area contributed by atoms with Crippen LogP contribution in [0, 0.1) is 5.92 Å². The minimum absolute atomic E-state index is 0.339. The second kappa shape index (κ2) is 7.43. The highest BCUT2D eigenvalue weighted by atomic mass is 16.7. The molecule has 3 nitrogen and oxygen atoms in total. The summed E-state index contributed by atoms with van der Waals surface area (Å²) >= 11 is 0. The third-order valence-corrected chi connectivity index (χ3v) is 2.85. The quantitative estimate of drug-likeness (QED) is 0.399. The maximum absolute atomic E-state index is 10.5. The van der Waals surface area contributed by atoms with Gasteiger partial charge in [-0.25, -0.2) is 4.79 Å². The summed E-state index contributed by atoms with van der Waals surface area (Å²) in [6.07, 6.45) is 12.1. The molecule has 0 radical (unpaired) electrons. The highest BCUT2D eigenvalue weighted by Gasteiger charge is 2.08. The Balaban J connectivity index is 2.29. The van der Waals surface area contributed by atoms with Gasteiger partial charge in [0.05, 0.1) is 0 Å². The number of carbonyl (C=O) groups excluding carboxylic acids is 1. The van der Waals surface area contributed by atoms with Gasteiger partial charge in [-0.2, -0.15) is 0 Å². The average Bonchev–Trinajstić information content (AvgIpc) is 2.31. The summed E-state index contributed by atoms with van der Waals surface area (Å²) < 4.78 is 0. The molecule has 1 fully saturated rings. The molecule has 0 amide bonds. The summed E-state index contributed by atoms with van der Waals surface area (Å²) in [5, 5.41) is 3.72. The Morgan fingerprint density at radius 1 is 1.13 bits per heavy atom. The van der Waals surface area contributed by atoms with Crippen LogP contribution in [0.3, 0.4) is 0 Å². The Morgan fingerprint density at radius 2 is 1.67 bits per heavy atom. The lowest BCUT2D eigenvalue weighted by molar-refractivity contribution is -0.140. The average molecular weight is 211 g/mol. The molecule has 0 aliphatic heterocycles. The maximum atomic E-state index is 10.5. The lowest BCUT2D eigenvalue weighted by atomic mass is 9.98. The van der Waals surface area contributed by atoms with Crippen LogP contribution in [0.1, 0.15) is 58.3 Å². The number of nitrogens with zero attached hydrogens (tertiary/aromatic N) is 1. The molecule has 0 bridgehead atoms. The normalized spacial score (nSPS) is 20.6. The van der Waals surface area contributed by atoms with Crippen molar-refractivity contribution in [3.05, 3.63) is 0 Å². The SMILES string of the molecule is CC(=O)ON=CC1CCCCCCCC1. The van der Waals surface area contributed by atoms with Crippen LogP contribution in [0.5, 0.6) is 0 Å². The molecule has 0 saturated heterocycles. The van der Waals surface area contributed by atoms with Gasteiger partial charge in [0.2, 0.25) is 0 Å². The van der Waals surface area contributed by atoms with Crippen molar-refractivity contribution in [3.8, 4) is 0 Å². The molecule has 0 unspecified atom stereocenters. The zero-order valence-electron chi connectivity index (χ0n) is 9.58. The topological polar surface area (TPSA) is 38.7 Å². The van der Waals surface area contributed by atoms with E-state index in [1.807, 2.05) is 6.21 Å². The summed E-state index contributed by atoms with van der Waals surface area (Å²) in [7, 11) is 0. The van der Waals surface area contributed by atoms with Crippen LogP contribution in [0.2, 0.25) is 0 Å². The highest BCUT2D eigenvalue weighted by Crippen LogP contribution is 2.20. The molecular weight excluding hydrogens is 190 g/mol. The molecule has 1 rings (SSSR count). The van der Waals surface area contributed by atoms with Gasteiger partial charge in [0.1, 0.15) is 0 Å². The second-order valence-corrected chi connectivity index (χ2v) is 4.30. The van der Waals surface area contributed by atoms with Crippen LogP contribution in [0.4, 0.5) is 0 Å². The van der Waals surface area contributed by atoms with E-state index < -0.39 is 0 Å². The molecule has 3 heteroatoms. The highest BCUT2D eigenvalue weighted by molar-refractivity contribution is 5.67. The number of hydrogen-bond acceptors (Lipinski definition) is 3. The standard InChI is InChI=1S/C12H21NO2/c1-11(14)15-13-10-12-8-6-4-2-3-5-7-9-12/h10,12H,2-9H2,1H3. The zero-order chi connectivity index (χ0) is 10.9. The summed E-state index contributed by atoms with van der Waals surface area (Å²) in [5.41, 5.74) is 0. The minimum atomic E-state index is -0.339. The van der Waals surface area contributed by atoms with E-state index in [9.17, 15) is 4.79 Å². The van der Waals surface area contributed by atoms with Gasteiger partial charge < -0.3 is 4.84 Å². The molecule has 0 aromatic carbocycles. The molecule has 1 saturated carbocycles. The third-order valence-electron chi connectivity index (χ3n) is 2.85. The Bertz CT molecular complexity index is 204. The van der Waals surface area contributed by atoms with E-state index >= 15 is 0 Å². The largest absolute Gasteiger partial charge is 0.331 e. The predicted octanol–water partition coefficient (Wildman–Crippen LogP) is 3.29. The van der Waals surface area contributed by atoms with E-state index in [1.54, 1.807) is 0 Å².